The van der Waals surface area contributed by atoms with E-state index in [4.69, 9.17) is 4.74 Å². The molecule has 0 aromatic heterocycles. The van der Waals surface area contributed by atoms with Crippen LogP contribution >= 0.6 is 15.9 Å². The summed E-state index contributed by atoms with van der Waals surface area (Å²) in [7, 11) is 1.52. The fraction of sp³-hybridized carbons (Fsp3) is 0.263. The van der Waals surface area contributed by atoms with Crippen molar-refractivity contribution in [2.75, 3.05) is 17.7 Å². The van der Waals surface area contributed by atoms with E-state index in [-0.39, 0.29) is 11.8 Å². The third kappa shape index (κ3) is 5.60. The van der Waals surface area contributed by atoms with Crippen molar-refractivity contribution in [3.05, 3.63) is 52.5 Å². The fourth-order valence-corrected chi connectivity index (χ4v) is 2.65. The van der Waals surface area contributed by atoms with E-state index in [1.807, 2.05) is 13.0 Å². The molecule has 0 aliphatic carbocycles. The van der Waals surface area contributed by atoms with Crippen molar-refractivity contribution in [3.63, 3.8) is 0 Å². The first-order valence-corrected chi connectivity index (χ1v) is 8.87. The summed E-state index contributed by atoms with van der Waals surface area (Å²) in [6, 6.07) is 12.3. The number of hydrogen-bond acceptors (Lipinski definition) is 3. The predicted molar refractivity (Wildman–Crippen MR) is 103 cm³/mol. The molecule has 6 heteroatoms. The Bertz CT molecular complexity index is 762. The van der Waals surface area contributed by atoms with Gasteiger partial charge in [0, 0.05) is 22.3 Å². The number of halogens is 1. The van der Waals surface area contributed by atoms with Crippen LogP contribution < -0.4 is 15.4 Å². The van der Waals surface area contributed by atoms with Crippen LogP contribution in [0.1, 0.15) is 36.5 Å². The molecule has 25 heavy (non-hydrogen) atoms. The zero-order chi connectivity index (χ0) is 18.2. The highest BCUT2D eigenvalue weighted by atomic mass is 79.9. The molecule has 132 valence electrons. The maximum Gasteiger partial charge on any atom is 0.259 e. The minimum Gasteiger partial charge on any atom is -0.496 e. The van der Waals surface area contributed by atoms with Crippen LogP contribution in [-0.2, 0) is 4.79 Å². The maximum atomic E-state index is 12.5. The SMILES string of the molecule is CCCCC(=O)Nc1cccc(NC(=O)c2cc(Br)ccc2OC)c1. The van der Waals surface area contributed by atoms with E-state index in [1.165, 1.54) is 7.11 Å². The molecule has 0 aliphatic heterocycles. The van der Waals surface area contributed by atoms with Crippen LogP contribution in [0.15, 0.2) is 46.9 Å². The van der Waals surface area contributed by atoms with Crippen molar-refractivity contribution < 1.29 is 14.3 Å². The van der Waals surface area contributed by atoms with E-state index in [1.54, 1.807) is 36.4 Å². The first-order chi connectivity index (χ1) is 12.0. The quantitative estimate of drug-likeness (QED) is 0.693. The van der Waals surface area contributed by atoms with Crippen molar-refractivity contribution in [1.82, 2.24) is 0 Å². The van der Waals surface area contributed by atoms with E-state index >= 15 is 0 Å². The molecule has 0 heterocycles. The highest BCUT2D eigenvalue weighted by Crippen LogP contribution is 2.24. The Morgan fingerprint density at radius 1 is 1.08 bits per heavy atom. The summed E-state index contributed by atoms with van der Waals surface area (Å²) in [5.41, 5.74) is 1.68. The number of carbonyl (C=O) groups is 2. The van der Waals surface area contributed by atoms with Gasteiger partial charge in [-0.25, -0.2) is 0 Å². The summed E-state index contributed by atoms with van der Waals surface area (Å²) < 4.78 is 6.02. The maximum absolute atomic E-state index is 12.5. The summed E-state index contributed by atoms with van der Waals surface area (Å²) in [6.07, 6.45) is 2.31. The number of rotatable bonds is 7. The minimum atomic E-state index is -0.285. The minimum absolute atomic E-state index is 0.0287. The molecule has 0 saturated carbocycles. The Hall–Kier alpha value is -2.34. The van der Waals surface area contributed by atoms with Gasteiger partial charge < -0.3 is 15.4 Å². The zero-order valence-electron chi connectivity index (χ0n) is 14.3. The molecule has 2 amide bonds. The van der Waals surface area contributed by atoms with Gasteiger partial charge in [-0.15, -0.1) is 0 Å². The van der Waals surface area contributed by atoms with E-state index in [9.17, 15) is 9.59 Å². The molecule has 5 nitrogen and oxygen atoms in total. The Kier molecular flexibility index (Phi) is 7.01. The number of methoxy groups -OCH3 is 1. The van der Waals surface area contributed by atoms with Crippen LogP contribution in [0.2, 0.25) is 0 Å². The van der Waals surface area contributed by atoms with Gasteiger partial charge in [0.15, 0.2) is 0 Å². The largest absolute Gasteiger partial charge is 0.496 e. The second-order valence-corrected chi connectivity index (χ2v) is 6.45. The molecule has 2 aromatic carbocycles. The summed E-state index contributed by atoms with van der Waals surface area (Å²) in [6.45, 7) is 2.04. The zero-order valence-corrected chi connectivity index (χ0v) is 15.9. The average Bonchev–Trinajstić information content (AvgIpc) is 2.60. The van der Waals surface area contributed by atoms with E-state index in [0.29, 0.717) is 29.1 Å². The van der Waals surface area contributed by atoms with Crippen molar-refractivity contribution >= 4 is 39.1 Å². The number of amides is 2. The first kappa shape index (κ1) is 19.0. The fourth-order valence-electron chi connectivity index (χ4n) is 2.29. The molecule has 0 saturated heterocycles. The van der Waals surface area contributed by atoms with Gasteiger partial charge in [0.25, 0.3) is 5.91 Å². The first-order valence-electron chi connectivity index (χ1n) is 8.08. The van der Waals surface area contributed by atoms with Crippen molar-refractivity contribution in [2.24, 2.45) is 0 Å². The molecule has 0 spiro atoms. The van der Waals surface area contributed by atoms with Gasteiger partial charge >= 0.3 is 0 Å². The molecule has 2 aromatic rings. The van der Waals surface area contributed by atoms with Crippen LogP contribution in [0, 0.1) is 0 Å². The highest BCUT2D eigenvalue weighted by Gasteiger charge is 2.13. The third-order valence-corrected chi connectivity index (χ3v) is 4.06. The van der Waals surface area contributed by atoms with Gasteiger partial charge in [0.05, 0.1) is 12.7 Å². The van der Waals surface area contributed by atoms with Gasteiger partial charge in [-0.3, -0.25) is 9.59 Å². The van der Waals surface area contributed by atoms with Crippen LogP contribution in [0.5, 0.6) is 5.75 Å². The molecule has 0 atom stereocenters. The van der Waals surface area contributed by atoms with Crippen molar-refractivity contribution in [3.8, 4) is 5.75 Å². The molecule has 2 rings (SSSR count). The van der Waals surface area contributed by atoms with Crippen LogP contribution in [0.25, 0.3) is 0 Å². The highest BCUT2D eigenvalue weighted by molar-refractivity contribution is 9.10. The average molecular weight is 405 g/mol. The molecular weight excluding hydrogens is 384 g/mol. The molecule has 0 unspecified atom stereocenters. The molecule has 0 radical (unpaired) electrons. The van der Waals surface area contributed by atoms with E-state index < -0.39 is 0 Å². The van der Waals surface area contributed by atoms with Gasteiger partial charge in [-0.1, -0.05) is 35.3 Å². The Morgan fingerprint density at radius 2 is 1.80 bits per heavy atom. The van der Waals surface area contributed by atoms with Crippen LogP contribution in [0.3, 0.4) is 0 Å². The Labute approximate surface area is 155 Å². The number of carbonyl (C=O) groups excluding carboxylic acids is 2. The third-order valence-electron chi connectivity index (χ3n) is 3.57. The number of nitrogens with one attached hydrogen (secondary N) is 2. The lowest BCUT2D eigenvalue weighted by atomic mass is 10.1. The Balaban J connectivity index is 2.10. The standard InChI is InChI=1S/C19H21BrN2O3/c1-3-4-8-18(23)21-14-6-5-7-15(12-14)22-19(24)16-11-13(20)9-10-17(16)25-2/h5-7,9-12H,3-4,8H2,1-2H3,(H,21,23)(H,22,24). The van der Waals surface area contributed by atoms with Crippen molar-refractivity contribution in [2.45, 2.75) is 26.2 Å². The van der Waals surface area contributed by atoms with Gasteiger partial charge in [0.2, 0.25) is 5.91 Å². The number of ether oxygens (including phenoxy) is 1. The molecule has 0 aliphatic rings. The van der Waals surface area contributed by atoms with Gasteiger partial charge in [-0.05, 0) is 42.8 Å². The van der Waals surface area contributed by atoms with Crippen LogP contribution in [-0.4, -0.2) is 18.9 Å². The lowest BCUT2D eigenvalue weighted by Crippen LogP contribution is -2.14. The number of hydrogen-bond donors (Lipinski definition) is 2. The summed E-state index contributed by atoms with van der Waals surface area (Å²) >= 11 is 3.36. The lowest BCUT2D eigenvalue weighted by Gasteiger charge is -2.11. The second-order valence-electron chi connectivity index (χ2n) is 5.53. The van der Waals surface area contributed by atoms with Crippen molar-refractivity contribution in [1.29, 1.82) is 0 Å². The molecule has 0 bridgehead atoms. The summed E-state index contributed by atoms with van der Waals surface area (Å²) in [5, 5.41) is 5.67. The Morgan fingerprint density at radius 3 is 2.48 bits per heavy atom. The molecular formula is C19H21BrN2O3. The lowest BCUT2D eigenvalue weighted by molar-refractivity contribution is -0.116. The summed E-state index contributed by atoms with van der Waals surface area (Å²) in [5.74, 6) is 0.177. The number of unbranched alkanes of at least 4 members (excludes halogenated alkanes) is 1. The van der Waals surface area contributed by atoms with Crippen LogP contribution in [0.4, 0.5) is 11.4 Å². The molecule has 0 fully saturated rings. The number of benzene rings is 2. The topological polar surface area (TPSA) is 67.4 Å². The van der Waals surface area contributed by atoms with Gasteiger partial charge in [0.1, 0.15) is 5.75 Å². The predicted octanol–water partition coefficient (Wildman–Crippen LogP) is 4.84. The van der Waals surface area contributed by atoms with E-state index in [2.05, 4.69) is 26.6 Å². The van der Waals surface area contributed by atoms with Gasteiger partial charge in [-0.2, -0.15) is 0 Å². The number of anilines is 2. The summed E-state index contributed by atoms with van der Waals surface area (Å²) in [4.78, 5) is 24.3. The van der Waals surface area contributed by atoms with E-state index in [0.717, 1.165) is 17.3 Å². The normalized spacial score (nSPS) is 10.2. The second kappa shape index (κ2) is 9.22. The smallest absolute Gasteiger partial charge is 0.259 e. The monoisotopic (exact) mass is 404 g/mol. The molecule has 2 N–H and O–H groups in total.